The van der Waals surface area contributed by atoms with Crippen LogP contribution in [0, 0.1) is 0 Å². The van der Waals surface area contributed by atoms with Crippen LogP contribution in [-0.2, 0) is 4.79 Å². The van der Waals surface area contributed by atoms with Crippen molar-refractivity contribution in [3.8, 4) is 0 Å². The fourth-order valence-corrected chi connectivity index (χ4v) is 0.563. The lowest BCUT2D eigenvalue weighted by Gasteiger charge is -2.15. The molecule has 1 amide bonds. The lowest BCUT2D eigenvalue weighted by atomic mass is 10.4. The molecule has 0 saturated heterocycles. The van der Waals surface area contributed by atoms with Gasteiger partial charge in [-0.2, -0.15) is 0 Å². The molecule has 0 aromatic heterocycles. The summed E-state index contributed by atoms with van der Waals surface area (Å²) < 4.78 is 0. The van der Waals surface area contributed by atoms with Crippen LogP contribution in [0.2, 0.25) is 0 Å². The lowest BCUT2D eigenvalue weighted by molar-refractivity contribution is -0.132. The topological polar surface area (TPSA) is 32.3 Å². The predicted octanol–water partition coefficient (Wildman–Crippen LogP) is 0.379. The van der Waals surface area contributed by atoms with E-state index in [1.807, 2.05) is 13.8 Å². The Morgan fingerprint density at radius 2 is 2.11 bits per heavy atom. The van der Waals surface area contributed by atoms with Crippen molar-refractivity contribution in [3.63, 3.8) is 0 Å². The Morgan fingerprint density at radius 3 is 2.44 bits per heavy atom. The molecule has 54 valence electrons. The summed E-state index contributed by atoms with van der Waals surface area (Å²) in [7, 11) is 1.73. The third kappa shape index (κ3) is 3.08. The van der Waals surface area contributed by atoms with Gasteiger partial charge in [0.05, 0.1) is 0 Å². The van der Waals surface area contributed by atoms with Gasteiger partial charge >= 0.3 is 0 Å². The first-order chi connectivity index (χ1) is 4.22. The normalized spacial score (nSPS) is 9.22. The van der Waals surface area contributed by atoms with E-state index in [1.165, 1.54) is 5.01 Å². The van der Waals surface area contributed by atoms with Crippen molar-refractivity contribution in [2.45, 2.75) is 20.3 Å². The van der Waals surface area contributed by atoms with E-state index < -0.39 is 0 Å². The summed E-state index contributed by atoms with van der Waals surface area (Å²) in [4.78, 5) is 10.8. The Balaban J connectivity index is 3.45. The van der Waals surface area contributed by atoms with Gasteiger partial charge in [0.15, 0.2) is 0 Å². The summed E-state index contributed by atoms with van der Waals surface area (Å²) in [5, 5.41) is 1.51. The molecule has 0 atom stereocenters. The standard InChI is InChI=1S/C6H14N2O/c1-4-6(9)8(3)7-5-2/h7H,4-5H2,1-3H3. The zero-order valence-corrected chi connectivity index (χ0v) is 6.27. The smallest absolute Gasteiger partial charge is 0.236 e. The van der Waals surface area contributed by atoms with Gasteiger partial charge in [0.2, 0.25) is 5.91 Å². The molecule has 3 nitrogen and oxygen atoms in total. The van der Waals surface area contributed by atoms with Gasteiger partial charge in [0.1, 0.15) is 0 Å². The van der Waals surface area contributed by atoms with Crippen molar-refractivity contribution in [2.75, 3.05) is 13.6 Å². The molecule has 0 radical (unpaired) electrons. The van der Waals surface area contributed by atoms with Crippen LogP contribution in [0.3, 0.4) is 0 Å². The van der Waals surface area contributed by atoms with Crippen LogP contribution >= 0.6 is 0 Å². The highest BCUT2D eigenvalue weighted by molar-refractivity contribution is 5.74. The molecule has 0 rings (SSSR count). The second kappa shape index (κ2) is 4.32. The highest BCUT2D eigenvalue weighted by Crippen LogP contribution is 1.82. The van der Waals surface area contributed by atoms with Crippen molar-refractivity contribution >= 4 is 5.91 Å². The van der Waals surface area contributed by atoms with E-state index in [1.54, 1.807) is 7.05 Å². The van der Waals surface area contributed by atoms with Crippen LogP contribution in [-0.4, -0.2) is 24.5 Å². The minimum atomic E-state index is 0.122. The van der Waals surface area contributed by atoms with Crippen molar-refractivity contribution in [3.05, 3.63) is 0 Å². The number of carbonyl (C=O) groups excluding carboxylic acids is 1. The predicted molar refractivity (Wildman–Crippen MR) is 36.7 cm³/mol. The fraction of sp³-hybridized carbons (Fsp3) is 0.833. The molecule has 0 unspecified atom stereocenters. The Labute approximate surface area is 56.0 Å². The van der Waals surface area contributed by atoms with Gasteiger partial charge < -0.3 is 0 Å². The van der Waals surface area contributed by atoms with Gasteiger partial charge in [-0.1, -0.05) is 13.8 Å². The summed E-state index contributed by atoms with van der Waals surface area (Å²) in [5.74, 6) is 0.122. The summed E-state index contributed by atoms with van der Waals surface area (Å²) in [6.07, 6.45) is 0.559. The fourth-order valence-electron chi connectivity index (χ4n) is 0.563. The molecule has 0 aromatic rings. The molecule has 0 saturated carbocycles. The molecule has 0 fully saturated rings. The van der Waals surface area contributed by atoms with Gasteiger partial charge in [-0.3, -0.25) is 9.80 Å². The zero-order chi connectivity index (χ0) is 7.28. The van der Waals surface area contributed by atoms with E-state index in [0.29, 0.717) is 6.42 Å². The Hall–Kier alpha value is -0.570. The van der Waals surface area contributed by atoms with Crippen LogP contribution in [0.1, 0.15) is 20.3 Å². The van der Waals surface area contributed by atoms with Gasteiger partial charge in [-0.25, -0.2) is 5.43 Å². The maximum absolute atomic E-state index is 10.8. The third-order valence-corrected chi connectivity index (χ3v) is 1.07. The van der Waals surface area contributed by atoms with E-state index in [-0.39, 0.29) is 5.91 Å². The van der Waals surface area contributed by atoms with Crippen LogP contribution in [0.5, 0.6) is 0 Å². The number of hydrazine groups is 1. The Bertz CT molecular complexity index is 93.1. The molecule has 0 aliphatic heterocycles. The molecular formula is C6H14N2O. The maximum atomic E-state index is 10.8. The number of amides is 1. The summed E-state index contributed by atoms with van der Waals surface area (Å²) >= 11 is 0. The summed E-state index contributed by atoms with van der Waals surface area (Å²) in [6.45, 7) is 4.60. The first-order valence-electron chi connectivity index (χ1n) is 3.22. The Kier molecular flexibility index (Phi) is 4.05. The minimum absolute atomic E-state index is 0.122. The molecule has 0 aromatic carbocycles. The van der Waals surface area contributed by atoms with Gasteiger partial charge in [-0.05, 0) is 0 Å². The van der Waals surface area contributed by atoms with Crippen molar-refractivity contribution in [2.24, 2.45) is 0 Å². The van der Waals surface area contributed by atoms with Crippen molar-refractivity contribution in [1.29, 1.82) is 0 Å². The molecular weight excluding hydrogens is 116 g/mol. The first kappa shape index (κ1) is 8.43. The third-order valence-electron chi connectivity index (χ3n) is 1.07. The van der Waals surface area contributed by atoms with Crippen LogP contribution in [0.4, 0.5) is 0 Å². The largest absolute Gasteiger partial charge is 0.281 e. The molecule has 0 aliphatic carbocycles. The second-order valence-corrected chi connectivity index (χ2v) is 1.82. The molecule has 9 heavy (non-hydrogen) atoms. The number of hydrogen-bond acceptors (Lipinski definition) is 2. The molecule has 0 aliphatic rings. The van der Waals surface area contributed by atoms with Crippen LogP contribution < -0.4 is 5.43 Å². The average molecular weight is 130 g/mol. The molecule has 0 bridgehead atoms. The summed E-state index contributed by atoms with van der Waals surface area (Å²) in [6, 6.07) is 0. The van der Waals surface area contributed by atoms with Gasteiger partial charge in [-0.15, -0.1) is 0 Å². The quantitative estimate of drug-likeness (QED) is 0.560. The van der Waals surface area contributed by atoms with Crippen molar-refractivity contribution in [1.82, 2.24) is 10.4 Å². The van der Waals surface area contributed by atoms with E-state index >= 15 is 0 Å². The number of nitrogens with one attached hydrogen (secondary N) is 1. The number of carbonyl (C=O) groups is 1. The van der Waals surface area contributed by atoms with Crippen molar-refractivity contribution < 1.29 is 4.79 Å². The molecule has 3 heteroatoms. The molecule has 0 heterocycles. The number of rotatable bonds is 3. The van der Waals surface area contributed by atoms with Gasteiger partial charge in [0.25, 0.3) is 0 Å². The van der Waals surface area contributed by atoms with E-state index in [9.17, 15) is 4.79 Å². The number of hydrogen-bond donors (Lipinski definition) is 1. The number of nitrogens with zero attached hydrogens (tertiary/aromatic N) is 1. The van der Waals surface area contributed by atoms with Gasteiger partial charge in [0, 0.05) is 20.0 Å². The maximum Gasteiger partial charge on any atom is 0.236 e. The van der Waals surface area contributed by atoms with Crippen LogP contribution in [0.15, 0.2) is 0 Å². The van der Waals surface area contributed by atoms with E-state index in [2.05, 4.69) is 5.43 Å². The average Bonchev–Trinajstić information content (AvgIpc) is 1.87. The Morgan fingerprint density at radius 1 is 1.56 bits per heavy atom. The SMILES string of the molecule is CCNN(C)C(=O)CC. The molecule has 0 spiro atoms. The highest BCUT2D eigenvalue weighted by atomic mass is 16.2. The summed E-state index contributed by atoms with van der Waals surface area (Å²) in [5.41, 5.74) is 2.88. The monoisotopic (exact) mass is 130 g/mol. The van der Waals surface area contributed by atoms with Crippen LogP contribution in [0.25, 0.3) is 0 Å². The van der Waals surface area contributed by atoms with E-state index in [4.69, 9.17) is 0 Å². The minimum Gasteiger partial charge on any atom is -0.281 e. The molecule has 1 N–H and O–H groups in total. The first-order valence-corrected chi connectivity index (χ1v) is 3.22. The lowest BCUT2D eigenvalue weighted by Crippen LogP contribution is -2.38. The zero-order valence-electron chi connectivity index (χ0n) is 6.27. The van der Waals surface area contributed by atoms with E-state index in [0.717, 1.165) is 6.54 Å². The second-order valence-electron chi connectivity index (χ2n) is 1.82. The highest BCUT2D eigenvalue weighted by Gasteiger charge is 2.01.